The highest BCUT2D eigenvalue weighted by atomic mass is 16.4. The van der Waals surface area contributed by atoms with Crippen LogP contribution in [0.5, 0.6) is 0 Å². The predicted octanol–water partition coefficient (Wildman–Crippen LogP) is 3.01. The van der Waals surface area contributed by atoms with Gasteiger partial charge in [0.2, 0.25) is 0 Å². The molecule has 1 fully saturated rings. The molecule has 1 saturated carbocycles. The molecule has 0 bridgehead atoms. The van der Waals surface area contributed by atoms with Gasteiger partial charge in [-0.05, 0) is 38.0 Å². The molecule has 1 aliphatic rings. The van der Waals surface area contributed by atoms with E-state index in [1.807, 2.05) is 38.1 Å². The number of furan rings is 1. The first kappa shape index (κ1) is 13.9. The number of carbonyl (C=O) groups excluding carboxylic acids is 1. The summed E-state index contributed by atoms with van der Waals surface area (Å²) in [4.78, 5) is 16.7. The van der Waals surface area contributed by atoms with Crippen LogP contribution in [0.25, 0.3) is 0 Å². The first-order chi connectivity index (χ1) is 10.1. The van der Waals surface area contributed by atoms with Crippen molar-refractivity contribution in [3.63, 3.8) is 0 Å². The molecule has 2 aromatic heterocycles. The van der Waals surface area contributed by atoms with Crippen LogP contribution in [0.3, 0.4) is 0 Å². The molecule has 0 spiro atoms. The predicted molar refractivity (Wildman–Crippen MR) is 80.3 cm³/mol. The normalized spacial score (nSPS) is 15.7. The van der Waals surface area contributed by atoms with E-state index in [1.165, 1.54) is 0 Å². The fraction of sp³-hybridized carbons (Fsp3) is 0.412. The zero-order chi connectivity index (χ0) is 14.9. The molecular formula is C17H20N2O2. The maximum absolute atomic E-state index is 12.3. The number of pyridine rings is 1. The van der Waals surface area contributed by atoms with Crippen molar-refractivity contribution in [2.75, 3.05) is 6.54 Å². The Morgan fingerprint density at radius 2 is 2.24 bits per heavy atom. The topological polar surface area (TPSA) is 55.1 Å². The zero-order valence-corrected chi connectivity index (χ0v) is 12.5. The van der Waals surface area contributed by atoms with E-state index in [4.69, 9.17) is 4.42 Å². The van der Waals surface area contributed by atoms with Crippen LogP contribution in [0.4, 0.5) is 0 Å². The van der Waals surface area contributed by atoms with Crippen molar-refractivity contribution >= 4 is 5.91 Å². The average molecular weight is 284 g/mol. The number of rotatable bonds is 5. The molecule has 2 heterocycles. The Labute approximate surface area is 124 Å². The lowest BCUT2D eigenvalue weighted by Gasteiger charge is -2.15. The molecule has 2 aromatic rings. The van der Waals surface area contributed by atoms with Gasteiger partial charge in [0.1, 0.15) is 5.76 Å². The smallest absolute Gasteiger partial charge is 0.287 e. The minimum atomic E-state index is -0.130. The first-order valence-corrected chi connectivity index (χ1v) is 7.44. The van der Waals surface area contributed by atoms with Gasteiger partial charge in [-0.2, -0.15) is 0 Å². The molecule has 110 valence electrons. The number of aromatic nitrogens is 1. The van der Waals surface area contributed by atoms with Crippen molar-refractivity contribution in [2.45, 2.75) is 38.5 Å². The molecule has 4 heteroatoms. The summed E-state index contributed by atoms with van der Waals surface area (Å²) in [5.74, 6) is 1.15. The second-order valence-corrected chi connectivity index (χ2v) is 5.76. The Morgan fingerprint density at radius 1 is 1.43 bits per heavy atom. The van der Waals surface area contributed by atoms with Gasteiger partial charge in [-0.1, -0.05) is 13.0 Å². The molecule has 0 aliphatic heterocycles. The van der Waals surface area contributed by atoms with Crippen molar-refractivity contribution in [2.24, 2.45) is 0 Å². The van der Waals surface area contributed by atoms with E-state index < -0.39 is 0 Å². The Balaban J connectivity index is 1.68. The van der Waals surface area contributed by atoms with Crippen molar-refractivity contribution < 1.29 is 9.21 Å². The van der Waals surface area contributed by atoms with Crippen LogP contribution < -0.4 is 5.32 Å². The van der Waals surface area contributed by atoms with E-state index in [9.17, 15) is 4.79 Å². The standard InChI is InChI=1S/C17H20N2O2/c1-3-13-10-12(2)15(21-13)16(20)19-11-17(7-8-17)14-6-4-5-9-18-14/h4-6,9-10H,3,7-8,11H2,1-2H3,(H,19,20). The van der Waals surface area contributed by atoms with E-state index in [2.05, 4.69) is 10.3 Å². The van der Waals surface area contributed by atoms with Crippen LogP contribution in [-0.4, -0.2) is 17.4 Å². The van der Waals surface area contributed by atoms with Gasteiger partial charge >= 0.3 is 0 Å². The molecule has 3 rings (SSSR count). The van der Waals surface area contributed by atoms with E-state index in [0.717, 1.165) is 36.3 Å². The maximum atomic E-state index is 12.3. The summed E-state index contributed by atoms with van der Waals surface area (Å²) in [6.07, 6.45) is 4.75. The van der Waals surface area contributed by atoms with E-state index in [-0.39, 0.29) is 11.3 Å². The van der Waals surface area contributed by atoms with E-state index >= 15 is 0 Å². The Morgan fingerprint density at radius 3 is 2.81 bits per heavy atom. The van der Waals surface area contributed by atoms with Gasteiger partial charge in [0, 0.05) is 35.8 Å². The molecule has 1 N–H and O–H groups in total. The number of nitrogens with one attached hydrogen (secondary N) is 1. The lowest BCUT2D eigenvalue weighted by molar-refractivity contribution is 0.0919. The van der Waals surface area contributed by atoms with Gasteiger partial charge < -0.3 is 9.73 Å². The lowest BCUT2D eigenvalue weighted by Crippen LogP contribution is -2.32. The number of carbonyl (C=O) groups is 1. The van der Waals surface area contributed by atoms with Gasteiger partial charge in [0.25, 0.3) is 5.91 Å². The number of hydrogen-bond acceptors (Lipinski definition) is 3. The molecule has 1 amide bonds. The molecule has 0 atom stereocenters. The highest BCUT2D eigenvalue weighted by Crippen LogP contribution is 2.46. The van der Waals surface area contributed by atoms with Crippen LogP contribution >= 0.6 is 0 Å². The largest absolute Gasteiger partial charge is 0.456 e. The third-order valence-electron chi connectivity index (χ3n) is 4.17. The molecule has 0 unspecified atom stereocenters. The van der Waals surface area contributed by atoms with Crippen molar-refractivity contribution in [1.29, 1.82) is 0 Å². The Bertz CT molecular complexity index is 642. The van der Waals surface area contributed by atoms with Crippen LogP contribution in [0.2, 0.25) is 0 Å². The number of amides is 1. The SMILES string of the molecule is CCc1cc(C)c(C(=O)NCC2(c3ccccn3)CC2)o1. The maximum Gasteiger partial charge on any atom is 0.287 e. The molecular weight excluding hydrogens is 264 g/mol. The van der Waals surface area contributed by atoms with Crippen molar-refractivity contribution in [1.82, 2.24) is 10.3 Å². The Kier molecular flexibility index (Phi) is 3.53. The number of aryl methyl sites for hydroxylation is 2. The molecule has 21 heavy (non-hydrogen) atoms. The zero-order valence-electron chi connectivity index (χ0n) is 12.5. The third-order valence-corrected chi connectivity index (χ3v) is 4.17. The summed E-state index contributed by atoms with van der Waals surface area (Å²) in [7, 11) is 0. The van der Waals surface area contributed by atoms with Crippen molar-refractivity contribution in [3.8, 4) is 0 Å². The van der Waals surface area contributed by atoms with Crippen LogP contribution in [0.15, 0.2) is 34.9 Å². The Hall–Kier alpha value is -2.10. The highest BCUT2D eigenvalue weighted by molar-refractivity contribution is 5.93. The van der Waals surface area contributed by atoms with Gasteiger partial charge in [-0.25, -0.2) is 0 Å². The summed E-state index contributed by atoms with van der Waals surface area (Å²) >= 11 is 0. The first-order valence-electron chi connectivity index (χ1n) is 7.44. The summed E-state index contributed by atoms with van der Waals surface area (Å²) < 4.78 is 5.59. The van der Waals surface area contributed by atoms with Gasteiger partial charge in [-0.15, -0.1) is 0 Å². The highest BCUT2D eigenvalue weighted by Gasteiger charge is 2.45. The van der Waals surface area contributed by atoms with Crippen LogP contribution in [0.1, 0.15) is 47.3 Å². The molecule has 0 radical (unpaired) electrons. The summed E-state index contributed by atoms with van der Waals surface area (Å²) in [5, 5.41) is 3.01. The van der Waals surface area contributed by atoms with E-state index in [1.54, 1.807) is 6.20 Å². The third kappa shape index (κ3) is 2.71. The second kappa shape index (κ2) is 5.35. The molecule has 1 aliphatic carbocycles. The van der Waals surface area contributed by atoms with Crippen LogP contribution in [-0.2, 0) is 11.8 Å². The number of nitrogens with zero attached hydrogens (tertiary/aromatic N) is 1. The monoisotopic (exact) mass is 284 g/mol. The molecule has 0 aromatic carbocycles. The fourth-order valence-electron chi connectivity index (χ4n) is 2.63. The summed E-state index contributed by atoms with van der Waals surface area (Å²) in [6.45, 7) is 4.54. The number of hydrogen-bond donors (Lipinski definition) is 1. The lowest BCUT2D eigenvalue weighted by atomic mass is 10.0. The quantitative estimate of drug-likeness (QED) is 0.918. The second-order valence-electron chi connectivity index (χ2n) is 5.76. The average Bonchev–Trinajstić information content (AvgIpc) is 3.22. The van der Waals surface area contributed by atoms with Gasteiger partial charge in [0.05, 0.1) is 0 Å². The summed E-state index contributed by atoms with van der Waals surface area (Å²) in [5.41, 5.74) is 1.98. The fourth-order valence-corrected chi connectivity index (χ4v) is 2.63. The summed E-state index contributed by atoms with van der Waals surface area (Å²) in [6, 6.07) is 7.87. The molecule has 0 saturated heterocycles. The van der Waals surface area contributed by atoms with Gasteiger partial charge in [-0.3, -0.25) is 9.78 Å². The van der Waals surface area contributed by atoms with Gasteiger partial charge in [0.15, 0.2) is 5.76 Å². The minimum Gasteiger partial charge on any atom is -0.456 e. The molecule has 4 nitrogen and oxygen atoms in total. The van der Waals surface area contributed by atoms with Crippen LogP contribution in [0, 0.1) is 6.92 Å². The van der Waals surface area contributed by atoms with Crippen molar-refractivity contribution in [3.05, 3.63) is 53.2 Å². The minimum absolute atomic E-state index is 0.0189. The van der Waals surface area contributed by atoms with E-state index in [0.29, 0.717) is 12.3 Å².